The van der Waals surface area contributed by atoms with Crippen molar-refractivity contribution in [2.45, 2.75) is 30.6 Å². The van der Waals surface area contributed by atoms with Crippen LogP contribution in [0.3, 0.4) is 0 Å². The monoisotopic (exact) mass is 250 g/mol. The number of hydrogen-bond donors (Lipinski definition) is 0. The zero-order valence-electron chi connectivity index (χ0n) is 9.93. The van der Waals surface area contributed by atoms with Gasteiger partial charge in [-0.25, -0.2) is 0 Å². The summed E-state index contributed by atoms with van der Waals surface area (Å²) in [5.41, 5.74) is 0. The first kappa shape index (κ1) is 12.4. The Kier molecular flexibility index (Phi) is 4.80. The second-order valence-corrected chi connectivity index (χ2v) is 5.62. The Bertz CT molecular complexity index is 398. The van der Waals surface area contributed by atoms with E-state index in [2.05, 4.69) is 6.08 Å². The van der Waals surface area contributed by atoms with E-state index in [0.717, 1.165) is 30.1 Å². The van der Waals surface area contributed by atoms with E-state index in [0.29, 0.717) is 5.75 Å². The first-order chi connectivity index (χ1) is 8.36. The molecule has 0 aromatic heterocycles. The number of benzene rings is 1. The summed E-state index contributed by atoms with van der Waals surface area (Å²) in [6, 6.07) is 9.58. The molecule has 0 N–H and O–H groups in total. The van der Waals surface area contributed by atoms with E-state index < -0.39 is 10.8 Å². The number of hydrogen-bond acceptors (Lipinski definition) is 2. The molecule has 1 unspecified atom stereocenters. The maximum Gasteiger partial charge on any atom is 0.105 e. The van der Waals surface area contributed by atoms with Crippen molar-refractivity contribution in [1.29, 1.82) is 0 Å². The van der Waals surface area contributed by atoms with E-state index >= 15 is 0 Å². The summed E-state index contributed by atoms with van der Waals surface area (Å²) in [5.74, 6) is 1.40. The first-order valence-electron chi connectivity index (χ1n) is 6.11. The van der Waals surface area contributed by atoms with E-state index in [1.807, 2.05) is 30.3 Å². The largest absolute Gasteiger partial charge is 0.497 e. The Hall–Kier alpha value is -1.09. The molecule has 0 aliphatic carbocycles. The minimum absolute atomic E-state index is 0.504. The zero-order valence-corrected chi connectivity index (χ0v) is 10.7. The van der Waals surface area contributed by atoms with Crippen LogP contribution in [0.2, 0.25) is 0 Å². The third-order valence-electron chi connectivity index (χ3n) is 2.79. The molecule has 0 saturated heterocycles. The van der Waals surface area contributed by atoms with E-state index in [1.54, 1.807) is 0 Å². The molecule has 0 amide bonds. The standard InChI is InChI=1S/C14H18O2S/c15-17(14-9-5-3-6-10-14)12-13-8-4-1-2-7-11-16-13/h3,5-6,8-10H,1-2,4,7,11-12H2/b13-8-. The van der Waals surface area contributed by atoms with Gasteiger partial charge in [0, 0.05) is 4.90 Å². The second kappa shape index (κ2) is 6.60. The van der Waals surface area contributed by atoms with Gasteiger partial charge in [-0.1, -0.05) is 18.2 Å². The maximum absolute atomic E-state index is 12.1. The number of rotatable bonds is 3. The second-order valence-electron chi connectivity index (χ2n) is 4.17. The van der Waals surface area contributed by atoms with E-state index in [9.17, 15) is 4.21 Å². The van der Waals surface area contributed by atoms with Crippen LogP contribution in [0.4, 0.5) is 0 Å². The average molecular weight is 250 g/mol. The van der Waals surface area contributed by atoms with E-state index in [4.69, 9.17) is 4.74 Å². The van der Waals surface area contributed by atoms with E-state index in [-0.39, 0.29) is 0 Å². The van der Waals surface area contributed by atoms with Crippen molar-refractivity contribution < 1.29 is 8.95 Å². The van der Waals surface area contributed by atoms with Crippen molar-refractivity contribution in [2.24, 2.45) is 0 Å². The lowest BCUT2D eigenvalue weighted by Crippen LogP contribution is -2.07. The van der Waals surface area contributed by atoms with Gasteiger partial charge in [0.2, 0.25) is 0 Å². The first-order valence-corrected chi connectivity index (χ1v) is 7.43. The van der Waals surface area contributed by atoms with Crippen LogP contribution in [0, 0.1) is 0 Å². The lowest BCUT2D eigenvalue weighted by molar-refractivity contribution is 0.202. The van der Waals surface area contributed by atoms with Crippen LogP contribution < -0.4 is 0 Å². The van der Waals surface area contributed by atoms with Crippen molar-refractivity contribution in [2.75, 3.05) is 12.4 Å². The molecule has 1 atom stereocenters. The van der Waals surface area contributed by atoms with Crippen molar-refractivity contribution in [3.63, 3.8) is 0 Å². The van der Waals surface area contributed by atoms with Crippen LogP contribution in [-0.2, 0) is 15.5 Å². The van der Waals surface area contributed by atoms with Crippen LogP contribution in [0.15, 0.2) is 47.1 Å². The Morgan fingerprint density at radius 2 is 1.94 bits per heavy atom. The predicted octanol–water partition coefficient (Wildman–Crippen LogP) is 3.27. The molecule has 2 nitrogen and oxygen atoms in total. The summed E-state index contributed by atoms with van der Waals surface area (Å²) in [4.78, 5) is 0.874. The summed E-state index contributed by atoms with van der Waals surface area (Å²) in [7, 11) is -0.988. The molecule has 3 heteroatoms. The fraction of sp³-hybridized carbons (Fsp3) is 0.429. The van der Waals surface area contributed by atoms with Crippen LogP contribution in [-0.4, -0.2) is 16.6 Å². The quantitative estimate of drug-likeness (QED) is 0.823. The molecule has 1 aliphatic rings. The lowest BCUT2D eigenvalue weighted by atomic mass is 10.1. The minimum Gasteiger partial charge on any atom is -0.497 e. The summed E-state index contributed by atoms with van der Waals surface area (Å²) in [5, 5.41) is 0. The van der Waals surface area contributed by atoms with Gasteiger partial charge in [-0.05, 0) is 43.9 Å². The normalized spacial score (nSPS) is 21.5. The predicted molar refractivity (Wildman–Crippen MR) is 70.2 cm³/mol. The van der Waals surface area contributed by atoms with Gasteiger partial charge in [0.25, 0.3) is 0 Å². The molecule has 0 radical (unpaired) electrons. The highest BCUT2D eigenvalue weighted by Crippen LogP contribution is 2.15. The molecule has 17 heavy (non-hydrogen) atoms. The molecular formula is C14H18O2S. The van der Waals surface area contributed by atoms with Crippen LogP contribution in [0.5, 0.6) is 0 Å². The van der Waals surface area contributed by atoms with Crippen molar-refractivity contribution in [3.8, 4) is 0 Å². The maximum atomic E-state index is 12.1. The van der Waals surface area contributed by atoms with Gasteiger partial charge in [0.15, 0.2) is 0 Å². The van der Waals surface area contributed by atoms with Crippen LogP contribution in [0.25, 0.3) is 0 Å². The molecule has 1 aromatic carbocycles. The highest BCUT2D eigenvalue weighted by Gasteiger charge is 2.09. The number of allylic oxidation sites excluding steroid dienone is 1. The molecule has 0 saturated carbocycles. The average Bonchev–Trinajstić information content (AvgIpc) is 2.33. The highest BCUT2D eigenvalue weighted by molar-refractivity contribution is 7.85. The van der Waals surface area contributed by atoms with Gasteiger partial charge in [-0.15, -0.1) is 0 Å². The minimum atomic E-state index is -0.988. The fourth-order valence-electron chi connectivity index (χ4n) is 1.83. The summed E-state index contributed by atoms with van der Waals surface area (Å²) in [6.45, 7) is 0.762. The smallest absolute Gasteiger partial charge is 0.105 e. The molecule has 1 aromatic rings. The summed E-state index contributed by atoms with van der Waals surface area (Å²) < 4.78 is 17.7. The Labute approximate surface area is 105 Å². The fourth-order valence-corrected chi connectivity index (χ4v) is 2.92. The Balaban J connectivity index is 1.98. The molecule has 1 heterocycles. The molecular weight excluding hydrogens is 232 g/mol. The number of ether oxygens (including phenoxy) is 1. The van der Waals surface area contributed by atoms with Gasteiger partial charge in [0.05, 0.1) is 23.2 Å². The molecule has 2 rings (SSSR count). The van der Waals surface area contributed by atoms with Crippen LogP contribution in [0.1, 0.15) is 25.7 Å². The van der Waals surface area contributed by atoms with Crippen molar-refractivity contribution >= 4 is 10.8 Å². The molecule has 0 bridgehead atoms. The van der Waals surface area contributed by atoms with Gasteiger partial charge < -0.3 is 4.74 Å². The van der Waals surface area contributed by atoms with Gasteiger partial charge in [-0.2, -0.15) is 0 Å². The SMILES string of the molecule is O=S(C/C1=C/CCCCCO1)c1ccccc1. The molecule has 92 valence electrons. The third kappa shape index (κ3) is 4.00. The Morgan fingerprint density at radius 1 is 1.12 bits per heavy atom. The summed E-state index contributed by atoms with van der Waals surface area (Å²) >= 11 is 0. The zero-order chi connectivity index (χ0) is 11.9. The van der Waals surface area contributed by atoms with Crippen molar-refractivity contribution in [3.05, 3.63) is 42.2 Å². The van der Waals surface area contributed by atoms with Gasteiger partial charge in [0.1, 0.15) is 5.76 Å². The van der Waals surface area contributed by atoms with Crippen molar-refractivity contribution in [1.82, 2.24) is 0 Å². The third-order valence-corrected chi connectivity index (χ3v) is 4.13. The topological polar surface area (TPSA) is 26.3 Å². The molecule has 0 fully saturated rings. The molecule has 1 aliphatic heterocycles. The van der Waals surface area contributed by atoms with E-state index in [1.165, 1.54) is 12.8 Å². The highest BCUT2D eigenvalue weighted by atomic mass is 32.2. The summed E-state index contributed by atoms with van der Waals surface area (Å²) in [6.07, 6.45) is 6.69. The Morgan fingerprint density at radius 3 is 2.76 bits per heavy atom. The van der Waals surface area contributed by atoms with Gasteiger partial charge >= 0.3 is 0 Å². The van der Waals surface area contributed by atoms with Crippen LogP contribution >= 0.6 is 0 Å². The lowest BCUT2D eigenvalue weighted by Gasteiger charge is -2.13. The van der Waals surface area contributed by atoms with Gasteiger partial charge in [-0.3, -0.25) is 4.21 Å². The molecule has 0 spiro atoms.